The standard InChI is InChI=1S/C17H13NO3/c1-21-14-9-5-8-13(12-6-3-2-4-7-12)17(14)18-15(19)10-11-16(18)20/h2-11H,1H3. The second kappa shape index (κ2) is 5.25. The van der Waals surface area contributed by atoms with Crippen LogP contribution in [0.15, 0.2) is 60.7 Å². The van der Waals surface area contributed by atoms with E-state index in [1.807, 2.05) is 42.5 Å². The van der Waals surface area contributed by atoms with Gasteiger partial charge in [-0.05, 0) is 11.6 Å². The second-order valence-corrected chi connectivity index (χ2v) is 4.57. The number of anilines is 1. The van der Waals surface area contributed by atoms with Crippen LogP contribution < -0.4 is 9.64 Å². The maximum Gasteiger partial charge on any atom is 0.258 e. The van der Waals surface area contributed by atoms with Crippen LogP contribution in [0.5, 0.6) is 5.75 Å². The average molecular weight is 279 g/mol. The molecule has 0 unspecified atom stereocenters. The van der Waals surface area contributed by atoms with E-state index in [1.54, 1.807) is 6.07 Å². The molecule has 0 bridgehead atoms. The fourth-order valence-corrected chi connectivity index (χ4v) is 2.39. The van der Waals surface area contributed by atoms with Crippen LogP contribution in [0.25, 0.3) is 11.1 Å². The first-order valence-corrected chi connectivity index (χ1v) is 6.51. The van der Waals surface area contributed by atoms with Crippen molar-refractivity contribution in [2.75, 3.05) is 12.0 Å². The van der Waals surface area contributed by atoms with E-state index in [2.05, 4.69) is 0 Å². The molecule has 21 heavy (non-hydrogen) atoms. The molecule has 0 fully saturated rings. The minimum Gasteiger partial charge on any atom is -0.495 e. The SMILES string of the molecule is COc1cccc(-c2ccccc2)c1N1C(=O)C=CC1=O. The van der Waals surface area contributed by atoms with Crippen LogP contribution >= 0.6 is 0 Å². The Bertz CT molecular complexity index is 717. The third-order valence-corrected chi connectivity index (χ3v) is 3.34. The number of carbonyl (C=O) groups excluding carboxylic acids is 2. The first-order chi connectivity index (χ1) is 10.2. The zero-order valence-electron chi connectivity index (χ0n) is 11.4. The Morgan fingerprint density at radius 3 is 2.14 bits per heavy atom. The van der Waals surface area contributed by atoms with Crippen LogP contribution in [-0.4, -0.2) is 18.9 Å². The van der Waals surface area contributed by atoms with Gasteiger partial charge in [-0.2, -0.15) is 0 Å². The molecule has 1 aliphatic heterocycles. The van der Waals surface area contributed by atoms with Gasteiger partial charge >= 0.3 is 0 Å². The Morgan fingerprint density at radius 1 is 0.857 bits per heavy atom. The van der Waals surface area contributed by atoms with Crippen LogP contribution in [0.3, 0.4) is 0 Å². The maximum absolute atomic E-state index is 12.0. The zero-order chi connectivity index (χ0) is 14.8. The predicted molar refractivity (Wildman–Crippen MR) is 80.1 cm³/mol. The first-order valence-electron chi connectivity index (χ1n) is 6.51. The van der Waals surface area contributed by atoms with Crippen LogP contribution in [0, 0.1) is 0 Å². The van der Waals surface area contributed by atoms with Crippen LogP contribution in [0.1, 0.15) is 0 Å². The molecular formula is C17H13NO3. The van der Waals surface area contributed by atoms with Gasteiger partial charge in [0.1, 0.15) is 11.4 Å². The summed E-state index contributed by atoms with van der Waals surface area (Å²) in [5, 5.41) is 0. The molecule has 104 valence electrons. The van der Waals surface area contributed by atoms with E-state index in [0.717, 1.165) is 16.0 Å². The lowest BCUT2D eigenvalue weighted by Gasteiger charge is -2.21. The summed E-state index contributed by atoms with van der Waals surface area (Å²) in [6, 6.07) is 15.0. The van der Waals surface area contributed by atoms with Gasteiger partial charge in [-0.1, -0.05) is 42.5 Å². The number of hydrogen-bond acceptors (Lipinski definition) is 3. The molecule has 4 nitrogen and oxygen atoms in total. The van der Waals surface area contributed by atoms with Crippen molar-refractivity contribution in [2.24, 2.45) is 0 Å². The highest BCUT2D eigenvalue weighted by atomic mass is 16.5. The molecule has 2 amide bonds. The number of ether oxygens (including phenoxy) is 1. The molecule has 3 rings (SSSR count). The number of benzene rings is 2. The van der Waals surface area contributed by atoms with Crippen molar-refractivity contribution < 1.29 is 14.3 Å². The number of imide groups is 1. The van der Waals surface area contributed by atoms with Crippen molar-refractivity contribution in [2.45, 2.75) is 0 Å². The molecular weight excluding hydrogens is 266 g/mol. The molecule has 0 radical (unpaired) electrons. The smallest absolute Gasteiger partial charge is 0.258 e. The van der Waals surface area contributed by atoms with Gasteiger partial charge in [-0.25, -0.2) is 4.90 Å². The topological polar surface area (TPSA) is 46.6 Å². The lowest BCUT2D eigenvalue weighted by molar-refractivity contribution is -0.120. The van der Waals surface area contributed by atoms with E-state index in [4.69, 9.17) is 4.74 Å². The fourth-order valence-electron chi connectivity index (χ4n) is 2.39. The highest BCUT2D eigenvalue weighted by molar-refractivity contribution is 6.29. The number of rotatable bonds is 3. The highest BCUT2D eigenvalue weighted by Crippen LogP contribution is 2.39. The van der Waals surface area contributed by atoms with Gasteiger partial charge in [0.25, 0.3) is 11.8 Å². The van der Waals surface area contributed by atoms with E-state index in [1.165, 1.54) is 19.3 Å². The number of nitrogens with zero attached hydrogens (tertiary/aromatic N) is 1. The number of hydrogen-bond donors (Lipinski definition) is 0. The van der Waals surface area contributed by atoms with E-state index >= 15 is 0 Å². The van der Waals surface area contributed by atoms with E-state index < -0.39 is 0 Å². The molecule has 0 aliphatic carbocycles. The molecule has 0 spiro atoms. The summed E-state index contributed by atoms with van der Waals surface area (Å²) in [4.78, 5) is 25.1. The summed E-state index contributed by atoms with van der Waals surface area (Å²) in [6.45, 7) is 0. The molecule has 4 heteroatoms. The Morgan fingerprint density at radius 2 is 1.52 bits per heavy atom. The third kappa shape index (κ3) is 2.21. The quantitative estimate of drug-likeness (QED) is 0.812. The predicted octanol–water partition coefficient (Wildman–Crippen LogP) is 2.79. The minimum absolute atomic E-state index is 0.360. The van der Waals surface area contributed by atoms with E-state index in [0.29, 0.717) is 11.4 Å². The summed E-state index contributed by atoms with van der Waals surface area (Å²) in [5.74, 6) is -0.231. The van der Waals surface area contributed by atoms with Gasteiger partial charge in [-0.3, -0.25) is 9.59 Å². The van der Waals surface area contributed by atoms with Crippen molar-refractivity contribution in [1.82, 2.24) is 0 Å². The van der Waals surface area contributed by atoms with Crippen molar-refractivity contribution in [3.63, 3.8) is 0 Å². The Balaban J connectivity index is 2.23. The average Bonchev–Trinajstić information content (AvgIpc) is 2.86. The molecule has 2 aromatic rings. The summed E-state index contributed by atoms with van der Waals surface area (Å²) < 4.78 is 5.34. The number of methoxy groups -OCH3 is 1. The molecule has 1 heterocycles. The normalized spacial score (nSPS) is 13.9. The lowest BCUT2D eigenvalue weighted by Crippen LogP contribution is -2.30. The fraction of sp³-hybridized carbons (Fsp3) is 0.0588. The Kier molecular flexibility index (Phi) is 3.28. The zero-order valence-corrected chi connectivity index (χ0v) is 11.4. The lowest BCUT2D eigenvalue weighted by atomic mass is 10.0. The van der Waals surface area contributed by atoms with Gasteiger partial charge in [0, 0.05) is 17.7 Å². The molecule has 0 atom stereocenters. The summed E-state index contributed by atoms with van der Waals surface area (Å²) in [5.41, 5.74) is 2.17. The number of amides is 2. The third-order valence-electron chi connectivity index (χ3n) is 3.34. The van der Waals surface area contributed by atoms with Crippen molar-refractivity contribution in [1.29, 1.82) is 0 Å². The van der Waals surface area contributed by atoms with Crippen LogP contribution in [0.2, 0.25) is 0 Å². The summed E-state index contributed by atoms with van der Waals surface area (Å²) in [7, 11) is 1.52. The van der Waals surface area contributed by atoms with E-state index in [9.17, 15) is 9.59 Å². The van der Waals surface area contributed by atoms with Gasteiger partial charge in [0.15, 0.2) is 0 Å². The molecule has 0 N–H and O–H groups in total. The molecule has 1 aliphatic rings. The summed E-state index contributed by atoms with van der Waals surface area (Å²) in [6.07, 6.45) is 2.53. The second-order valence-electron chi connectivity index (χ2n) is 4.57. The van der Waals surface area contributed by atoms with Crippen molar-refractivity contribution in [3.8, 4) is 16.9 Å². The maximum atomic E-state index is 12.0. The molecule has 0 saturated heterocycles. The van der Waals surface area contributed by atoms with Crippen LogP contribution in [0.4, 0.5) is 5.69 Å². The van der Waals surface area contributed by atoms with Crippen molar-refractivity contribution >= 4 is 17.5 Å². The largest absolute Gasteiger partial charge is 0.495 e. The van der Waals surface area contributed by atoms with Crippen molar-refractivity contribution in [3.05, 3.63) is 60.7 Å². The molecule has 0 saturated carbocycles. The number of carbonyl (C=O) groups is 2. The van der Waals surface area contributed by atoms with E-state index in [-0.39, 0.29) is 11.8 Å². The van der Waals surface area contributed by atoms with Gasteiger partial charge in [0.2, 0.25) is 0 Å². The van der Waals surface area contributed by atoms with Gasteiger partial charge in [0.05, 0.1) is 7.11 Å². The monoisotopic (exact) mass is 279 g/mol. The number of para-hydroxylation sites is 1. The van der Waals surface area contributed by atoms with Gasteiger partial charge < -0.3 is 4.74 Å². The highest BCUT2D eigenvalue weighted by Gasteiger charge is 2.30. The first kappa shape index (κ1) is 13.1. The minimum atomic E-state index is -0.360. The van der Waals surface area contributed by atoms with Gasteiger partial charge in [-0.15, -0.1) is 0 Å². The Hall–Kier alpha value is -2.88. The van der Waals surface area contributed by atoms with Crippen LogP contribution in [-0.2, 0) is 9.59 Å². The Labute approximate surface area is 122 Å². The molecule has 0 aromatic heterocycles. The molecule has 2 aromatic carbocycles. The summed E-state index contributed by atoms with van der Waals surface area (Å²) >= 11 is 0.